The number of benzene rings is 2. The lowest BCUT2D eigenvalue weighted by molar-refractivity contribution is 0.0919. The van der Waals surface area contributed by atoms with E-state index in [1.807, 2.05) is 65.2 Å². The molecule has 3 aromatic heterocycles. The second kappa shape index (κ2) is 9.50. The summed E-state index contributed by atoms with van der Waals surface area (Å²) in [5, 5.41) is 2.85. The standard InChI is InChI=1S/C26H22N4O4/c1-32-22-8-4-5-9-23(22)33-16-19-11-12-24(34-19)26(31)28-15-18-10-13-25(27-14-18)30-17-29-20-6-2-3-7-21(20)30/h2-14,17H,15-16H2,1H3,(H,28,31). The van der Waals surface area contributed by atoms with Crippen LogP contribution in [0.4, 0.5) is 0 Å². The molecule has 8 heteroatoms. The van der Waals surface area contributed by atoms with E-state index < -0.39 is 0 Å². The number of amides is 1. The van der Waals surface area contributed by atoms with Crippen LogP contribution >= 0.6 is 0 Å². The van der Waals surface area contributed by atoms with E-state index in [1.165, 1.54) is 0 Å². The molecule has 1 N–H and O–H groups in total. The Bertz CT molecular complexity index is 1420. The van der Waals surface area contributed by atoms with E-state index in [-0.39, 0.29) is 18.3 Å². The molecule has 0 aliphatic rings. The Kier molecular flexibility index (Phi) is 5.94. The van der Waals surface area contributed by atoms with Gasteiger partial charge in [0.05, 0.1) is 18.1 Å². The monoisotopic (exact) mass is 454 g/mol. The number of furan rings is 1. The average molecular weight is 454 g/mol. The first-order valence-corrected chi connectivity index (χ1v) is 10.7. The van der Waals surface area contributed by atoms with Crippen LogP contribution in [0.25, 0.3) is 16.9 Å². The van der Waals surface area contributed by atoms with E-state index >= 15 is 0 Å². The van der Waals surface area contributed by atoms with Gasteiger partial charge in [0.1, 0.15) is 24.5 Å². The average Bonchev–Trinajstić information content (AvgIpc) is 3.54. The van der Waals surface area contributed by atoms with Crippen LogP contribution in [0.5, 0.6) is 11.5 Å². The van der Waals surface area contributed by atoms with Gasteiger partial charge in [-0.25, -0.2) is 9.97 Å². The lowest BCUT2D eigenvalue weighted by Crippen LogP contribution is -2.22. The molecule has 34 heavy (non-hydrogen) atoms. The summed E-state index contributed by atoms with van der Waals surface area (Å²) in [6.07, 6.45) is 3.49. The maximum Gasteiger partial charge on any atom is 0.287 e. The van der Waals surface area contributed by atoms with E-state index in [0.717, 1.165) is 22.4 Å². The molecule has 0 unspecified atom stereocenters. The van der Waals surface area contributed by atoms with Crippen molar-refractivity contribution in [2.75, 3.05) is 7.11 Å². The number of carbonyl (C=O) groups excluding carboxylic acids is 1. The molecule has 5 aromatic rings. The zero-order valence-corrected chi connectivity index (χ0v) is 18.5. The van der Waals surface area contributed by atoms with Gasteiger partial charge in [0.15, 0.2) is 17.3 Å². The number of para-hydroxylation sites is 4. The van der Waals surface area contributed by atoms with Crippen molar-refractivity contribution in [3.8, 4) is 17.3 Å². The van der Waals surface area contributed by atoms with Crippen LogP contribution in [-0.2, 0) is 13.2 Å². The van der Waals surface area contributed by atoms with Gasteiger partial charge in [0, 0.05) is 12.7 Å². The highest BCUT2D eigenvalue weighted by Gasteiger charge is 2.13. The van der Waals surface area contributed by atoms with Crippen molar-refractivity contribution < 1.29 is 18.7 Å². The minimum absolute atomic E-state index is 0.183. The Balaban J connectivity index is 1.17. The van der Waals surface area contributed by atoms with Crippen molar-refractivity contribution in [1.29, 1.82) is 0 Å². The summed E-state index contributed by atoms with van der Waals surface area (Å²) in [6.45, 7) is 0.506. The van der Waals surface area contributed by atoms with Gasteiger partial charge in [-0.2, -0.15) is 0 Å². The van der Waals surface area contributed by atoms with Crippen molar-refractivity contribution in [2.45, 2.75) is 13.2 Å². The molecule has 3 heterocycles. The molecule has 0 saturated heterocycles. The summed E-state index contributed by atoms with van der Waals surface area (Å²) in [6, 6.07) is 22.4. The van der Waals surface area contributed by atoms with E-state index in [9.17, 15) is 4.79 Å². The summed E-state index contributed by atoms with van der Waals surface area (Å²) in [5.74, 6) is 2.44. The van der Waals surface area contributed by atoms with Crippen molar-refractivity contribution >= 4 is 16.9 Å². The third-order valence-corrected chi connectivity index (χ3v) is 5.29. The van der Waals surface area contributed by atoms with E-state index in [0.29, 0.717) is 23.8 Å². The fourth-order valence-electron chi connectivity index (χ4n) is 3.54. The third-order valence-electron chi connectivity index (χ3n) is 5.29. The number of pyridine rings is 1. The largest absolute Gasteiger partial charge is 0.493 e. The number of hydrogen-bond acceptors (Lipinski definition) is 6. The van der Waals surface area contributed by atoms with Crippen LogP contribution in [0.1, 0.15) is 21.9 Å². The number of fused-ring (bicyclic) bond motifs is 1. The molecule has 1 amide bonds. The van der Waals surface area contributed by atoms with E-state index in [4.69, 9.17) is 13.9 Å². The Morgan fingerprint density at radius 1 is 0.971 bits per heavy atom. The first-order chi connectivity index (χ1) is 16.7. The Morgan fingerprint density at radius 2 is 1.79 bits per heavy atom. The maximum atomic E-state index is 12.5. The summed E-state index contributed by atoms with van der Waals surface area (Å²) in [5.41, 5.74) is 2.76. The Labute approximate surface area is 195 Å². The number of aromatic nitrogens is 3. The summed E-state index contributed by atoms with van der Waals surface area (Å²) >= 11 is 0. The predicted molar refractivity (Wildman–Crippen MR) is 126 cm³/mol. The molecule has 0 fully saturated rings. The molecule has 2 aromatic carbocycles. The lowest BCUT2D eigenvalue weighted by atomic mass is 10.2. The summed E-state index contributed by atoms with van der Waals surface area (Å²) < 4.78 is 18.6. The SMILES string of the molecule is COc1ccccc1OCc1ccc(C(=O)NCc2ccc(-n3cnc4ccccc43)nc2)o1. The molecule has 170 valence electrons. The van der Waals surface area contributed by atoms with Crippen LogP contribution < -0.4 is 14.8 Å². The highest BCUT2D eigenvalue weighted by molar-refractivity contribution is 5.91. The van der Waals surface area contributed by atoms with Crippen molar-refractivity contribution in [3.05, 3.63) is 102 Å². The first kappa shape index (κ1) is 21.3. The number of ether oxygens (including phenoxy) is 2. The fourth-order valence-corrected chi connectivity index (χ4v) is 3.54. The van der Waals surface area contributed by atoms with Gasteiger partial charge in [-0.3, -0.25) is 9.36 Å². The van der Waals surface area contributed by atoms with Gasteiger partial charge >= 0.3 is 0 Å². The maximum absolute atomic E-state index is 12.5. The number of imidazole rings is 1. The molecule has 0 aliphatic carbocycles. The second-order valence-electron chi connectivity index (χ2n) is 7.52. The normalized spacial score (nSPS) is 10.9. The van der Waals surface area contributed by atoms with E-state index in [1.54, 1.807) is 31.8 Å². The first-order valence-electron chi connectivity index (χ1n) is 10.7. The van der Waals surface area contributed by atoms with E-state index in [2.05, 4.69) is 15.3 Å². The summed E-state index contributed by atoms with van der Waals surface area (Å²) in [4.78, 5) is 21.4. The molecule has 8 nitrogen and oxygen atoms in total. The number of carbonyl (C=O) groups is 1. The van der Waals surface area contributed by atoms with Gasteiger partial charge in [-0.15, -0.1) is 0 Å². The van der Waals surface area contributed by atoms with Gasteiger partial charge < -0.3 is 19.2 Å². The smallest absolute Gasteiger partial charge is 0.287 e. The van der Waals surface area contributed by atoms with Crippen LogP contribution in [0.2, 0.25) is 0 Å². The minimum atomic E-state index is -0.312. The topological polar surface area (TPSA) is 91.4 Å². The highest BCUT2D eigenvalue weighted by atomic mass is 16.5. The lowest BCUT2D eigenvalue weighted by Gasteiger charge is -2.08. The molecule has 0 aliphatic heterocycles. The quantitative estimate of drug-likeness (QED) is 0.370. The Morgan fingerprint density at radius 3 is 2.62 bits per heavy atom. The number of methoxy groups -OCH3 is 1. The fraction of sp³-hybridized carbons (Fsp3) is 0.115. The van der Waals surface area contributed by atoms with Crippen LogP contribution in [-0.4, -0.2) is 27.6 Å². The van der Waals surface area contributed by atoms with Crippen LogP contribution in [0.3, 0.4) is 0 Å². The molecule has 0 radical (unpaired) electrons. The van der Waals surface area contributed by atoms with Crippen LogP contribution in [0, 0.1) is 0 Å². The van der Waals surface area contributed by atoms with Gasteiger partial charge in [0.25, 0.3) is 5.91 Å². The second-order valence-corrected chi connectivity index (χ2v) is 7.52. The molecule has 0 bridgehead atoms. The molecular formula is C26H22N4O4. The number of nitrogens with zero attached hydrogens (tertiary/aromatic N) is 3. The molecule has 0 atom stereocenters. The van der Waals surface area contributed by atoms with Gasteiger partial charge in [-0.1, -0.05) is 30.3 Å². The molecule has 0 saturated carbocycles. The Hall–Kier alpha value is -4.59. The van der Waals surface area contributed by atoms with Crippen molar-refractivity contribution in [2.24, 2.45) is 0 Å². The predicted octanol–water partition coefficient (Wildman–Crippen LogP) is 4.53. The van der Waals surface area contributed by atoms with Gasteiger partial charge in [-0.05, 0) is 48.0 Å². The van der Waals surface area contributed by atoms with Crippen molar-refractivity contribution in [3.63, 3.8) is 0 Å². The highest BCUT2D eigenvalue weighted by Crippen LogP contribution is 2.27. The zero-order chi connectivity index (χ0) is 23.3. The van der Waals surface area contributed by atoms with Gasteiger partial charge in [0.2, 0.25) is 0 Å². The number of rotatable bonds is 8. The summed E-state index contributed by atoms with van der Waals surface area (Å²) in [7, 11) is 1.58. The number of hydrogen-bond donors (Lipinski definition) is 1. The minimum Gasteiger partial charge on any atom is -0.493 e. The number of nitrogens with one attached hydrogen (secondary N) is 1. The van der Waals surface area contributed by atoms with Crippen molar-refractivity contribution in [1.82, 2.24) is 19.9 Å². The van der Waals surface area contributed by atoms with Crippen LogP contribution in [0.15, 0.2) is 89.7 Å². The zero-order valence-electron chi connectivity index (χ0n) is 18.5. The molecule has 0 spiro atoms. The third kappa shape index (κ3) is 4.47. The molecule has 5 rings (SSSR count). The molecular weight excluding hydrogens is 432 g/mol.